The molecule has 0 fully saturated rings. The predicted octanol–water partition coefficient (Wildman–Crippen LogP) is 1.27. The Kier molecular flexibility index (Phi) is 3.75. The highest BCUT2D eigenvalue weighted by molar-refractivity contribution is 7.98. The lowest BCUT2D eigenvalue weighted by atomic mass is 10.3. The largest absolute Gasteiger partial charge is 0.324 e. The Labute approximate surface area is 104 Å². The maximum atomic E-state index is 5.55. The lowest BCUT2D eigenvalue weighted by molar-refractivity contribution is 0.734. The number of rotatable bonds is 4. The van der Waals surface area contributed by atoms with Crippen LogP contribution in [0.5, 0.6) is 0 Å². The van der Waals surface area contributed by atoms with Crippen molar-refractivity contribution < 1.29 is 0 Å². The van der Waals surface area contributed by atoms with E-state index >= 15 is 0 Å². The van der Waals surface area contributed by atoms with E-state index in [4.69, 9.17) is 5.73 Å². The molecule has 2 rings (SSSR count). The molecule has 2 aromatic rings. The second-order valence-electron chi connectivity index (χ2n) is 3.72. The summed E-state index contributed by atoms with van der Waals surface area (Å²) in [6.07, 6.45) is 0. The maximum absolute atomic E-state index is 5.55. The molecule has 2 aromatic heterocycles. The van der Waals surface area contributed by atoms with Crippen LogP contribution in [0.1, 0.15) is 17.2 Å². The highest BCUT2D eigenvalue weighted by Gasteiger charge is 2.08. The quantitative estimate of drug-likeness (QED) is 0.826. The van der Waals surface area contributed by atoms with Crippen LogP contribution >= 0.6 is 11.8 Å². The second kappa shape index (κ2) is 5.29. The van der Waals surface area contributed by atoms with Gasteiger partial charge >= 0.3 is 0 Å². The maximum Gasteiger partial charge on any atom is 0.191 e. The summed E-state index contributed by atoms with van der Waals surface area (Å²) in [5.41, 5.74) is 7.63. The predicted molar refractivity (Wildman–Crippen MR) is 67.4 cm³/mol. The summed E-state index contributed by atoms with van der Waals surface area (Å²) in [6.45, 7) is 2.40. The Morgan fingerprint density at radius 3 is 2.82 bits per heavy atom. The molecular weight excluding hydrogens is 234 g/mol. The minimum absolute atomic E-state index is 0.409. The fraction of sp³-hybridized carbons (Fsp3) is 0.364. The standard InChI is InChI=1S/C11H15N5S/c1-8-4-3-5-9(13-8)7-17-11-15-14-10(6-12)16(11)2/h3-5H,6-7,12H2,1-2H3. The van der Waals surface area contributed by atoms with Crippen molar-refractivity contribution >= 4 is 11.8 Å². The van der Waals surface area contributed by atoms with Crippen LogP contribution in [-0.2, 0) is 19.3 Å². The Hall–Kier alpha value is -1.40. The fourth-order valence-corrected chi connectivity index (χ4v) is 2.30. The van der Waals surface area contributed by atoms with Gasteiger partial charge in [0.25, 0.3) is 0 Å². The van der Waals surface area contributed by atoms with E-state index in [1.54, 1.807) is 11.8 Å². The first-order valence-electron chi connectivity index (χ1n) is 5.34. The molecule has 0 aliphatic rings. The van der Waals surface area contributed by atoms with E-state index in [0.717, 1.165) is 28.1 Å². The molecule has 6 heteroatoms. The van der Waals surface area contributed by atoms with Crippen molar-refractivity contribution in [2.75, 3.05) is 0 Å². The first-order valence-corrected chi connectivity index (χ1v) is 6.33. The van der Waals surface area contributed by atoms with Gasteiger partial charge in [-0.05, 0) is 19.1 Å². The Balaban J connectivity index is 2.05. The Morgan fingerprint density at radius 2 is 2.18 bits per heavy atom. The van der Waals surface area contributed by atoms with Crippen molar-refractivity contribution in [1.29, 1.82) is 0 Å². The van der Waals surface area contributed by atoms with Gasteiger partial charge in [0.05, 0.1) is 12.2 Å². The minimum atomic E-state index is 0.409. The third-order valence-electron chi connectivity index (χ3n) is 2.40. The van der Waals surface area contributed by atoms with Gasteiger partial charge in [0, 0.05) is 18.5 Å². The molecule has 0 atom stereocenters. The molecule has 0 spiro atoms. The van der Waals surface area contributed by atoms with E-state index < -0.39 is 0 Å². The smallest absolute Gasteiger partial charge is 0.191 e. The first-order chi connectivity index (χ1) is 8.20. The summed E-state index contributed by atoms with van der Waals surface area (Å²) < 4.78 is 1.92. The summed E-state index contributed by atoms with van der Waals surface area (Å²) in [7, 11) is 1.92. The lowest BCUT2D eigenvalue weighted by Crippen LogP contribution is -2.05. The first kappa shape index (κ1) is 12.1. The van der Waals surface area contributed by atoms with Crippen LogP contribution in [-0.4, -0.2) is 19.7 Å². The molecule has 17 heavy (non-hydrogen) atoms. The number of nitrogens with two attached hydrogens (primary N) is 1. The van der Waals surface area contributed by atoms with Crippen molar-refractivity contribution in [3.05, 3.63) is 35.4 Å². The van der Waals surface area contributed by atoms with Crippen molar-refractivity contribution in [2.45, 2.75) is 24.4 Å². The zero-order valence-corrected chi connectivity index (χ0v) is 10.7. The molecule has 0 aromatic carbocycles. The molecule has 0 saturated carbocycles. The number of nitrogens with zero attached hydrogens (tertiary/aromatic N) is 4. The number of hydrogen-bond acceptors (Lipinski definition) is 5. The summed E-state index contributed by atoms with van der Waals surface area (Å²) >= 11 is 1.62. The molecule has 90 valence electrons. The van der Waals surface area contributed by atoms with E-state index in [-0.39, 0.29) is 0 Å². The van der Waals surface area contributed by atoms with Crippen molar-refractivity contribution in [3.63, 3.8) is 0 Å². The van der Waals surface area contributed by atoms with Crippen LogP contribution < -0.4 is 5.73 Å². The van der Waals surface area contributed by atoms with E-state index in [0.29, 0.717) is 6.54 Å². The molecular formula is C11H15N5S. The number of aromatic nitrogens is 4. The van der Waals surface area contributed by atoms with Gasteiger partial charge in [-0.25, -0.2) is 0 Å². The number of thioether (sulfide) groups is 1. The Bertz CT molecular complexity index is 508. The van der Waals surface area contributed by atoms with E-state index in [9.17, 15) is 0 Å². The number of pyridine rings is 1. The lowest BCUT2D eigenvalue weighted by Gasteiger charge is -2.02. The molecule has 0 aliphatic heterocycles. The second-order valence-corrected chi connectivity index (χ2v) is 4.66. The molecule has 0 saturated heterocycles. The summed E-state index contributed by atoms with van der Waals surface area (Å²) in [5.74, 6) is 1.59. The number of hydrogen-bond donors (Lipinski definition) is 1. The molecule has 0 bridgehead atoms. The third-order valence-corrected chi connectivity index (χ3v) is 3.46. The summed E-state index contributed by atoms with van der Waals surface area (Å²) in [4.78, 5) is 4.44. The summed E-state index contributed by atoms with van der Waals surface area (Å²) in [6, 6.07) is 6.02. The van der Waals surface area contributed by atoms with Crippen LogP contribution in [0.25, 0.3) is 0 Å². The van der Waals surface area contributed by atoms with Gasteiger partial charge in [0.2, 0.25) is 0 Å². The van der Waals surface area contributed by atoms with E-state index in [1.165, 1.54) is 0 Å². The van der Waals surface area contributed by atoms with Crippen molar-refractivity contribution in [1.82, 2.24) is 19.7 Å². The Morgan fingerprint density at radius 1 is 1.35 bits per heavy atom. The van der Waals surface area contributed by atoms with E-state index in [1.807, 2.05) is 36.7 Å². The molecule has 0 aliphatic carbocycles. The SMILES string of the molecule is Cc1cccc(CSc2nnc(CN)n2C)n1. The van der Waals surface area contributed by atoms with Gasteiger partial charge in [-0.15, -0.1) is 10.2 Å². The van der Waals surface area contributed by atoms with Gasteiger partial charge in [-0.2, -0.15) is 0 Å². The molecule has 0 radical (unpaired) electrons. The van der Waals surface area contributed by atoms with Crippen molar-refractivity contribution in [3.8, 4) is 0 Å². The molecule has 5 nitrogen and oxygen atoms in total. The van der Waals surface area contributed by atoms with Crippen LogP contribution in [0.3, 0.4) is 0 Å². The average molecular weight is 249 g/mol. The highest BCUT2D eigenvalue weighted by Crippen LogP contribution is 2.19. The normalized spacial score (nSPS) is 10.8. The molecule has 0 amide bonds. The molecule has 2 N–H and O–H groups in total. The fourth-order valence-electron chi connectivity index (χ4n) is 1.47. The van der Waals surface area contributed by atoms with Crippen LogP contribution in [0.15, 0.2) is 23.4 Å². The van der Waals surface area contributed by atoms with Crippen molar-refractivity contribution in [2.24, 2.45) is 12.8 Å². The zero-order valence-electron chi connectivity index (χ0n) is 9.92. The van der Waals surface area contributed by atoms with Gasteiger partial charge in [-0.3, -0.25) is 4.98 Å². The highest BCUT2D eigenvalue weighted by atomic mass is 32.2. The minimum Gasteiger partial charge on any atom is -0.324 e. The van der Waals surface area contributed by atoms with Crippen LogP contribution in [0.4, 0.5) is 0 Å². The third kappa shape index (κ3) is 2.83. The van der Waals surface area contributed by atoms with Gasteiger partial charge in [0.15, 0.2) is 5.16 Å². The zero-order chi connectivity index (χ0) is 12.3. The average Bonchev–Trinajstić information content (AvgIpc) is 2.67. The topological polar surface area (TPSA) is 69.6 Å². The molecule has 0 unspecified atom stereocenters. The monoisotopic (exact) mass is 249 g/mol. The van der Waals surface area contributed by atoms with E-state index in [2.05, 4.69) is 15.2 Å². The number of aryl methyl sites for hydroxylation is 1. The van der Waals surface area contributed by atoms with Crippen LogP contribution in [0, 0.1) is 6.92 Å². The van der Waals surface area contributed by atoms with Gasteiger partial charge < -0.3 is 10.3 Å². The van der Waals surface area contributed by atoms with Gasteiger partial charge in [0.1, 0.15) is 5.82 Å². The van der Waals surface area contributed by atoms with Crippen LogP contribution in [0.2, 0.25) is 0 Å². The summed E-state index contributed by atoms with van der Waals surface area (Å²) in [5, 5.41) is 8.97. The molecule has 2 heterocycles. The van der Waals surface area contributed by atoms with Gasteiger partial charge in [-0.1, -0.05) is 17.8 Å².